The molecule has 0 bridgehead atoms. The lowest BCUT2D eigenvalue weighted by Gasteiger charge is -2.16. The van der Waals surface area contributed by atoms with Gasteiger partial charge in [-0.25, -0.2) is 0 Å². The van der Waals surface area contributed by atoms with Gasteiger partial charge in [0.25, 0.3) is 11.5 Å². The monoisotopic (exact) mass is 565 g/mol. The fraction of sp³-hybridized carbons (Fsp3) is 0.194. The minimum atomic E-state index is -0.424. The van der Waals surface area contributed by atoms with Crippen LogP contribution in [0.3, 0.4) is 0 Å². The number of hydrogen-bond acceptors (Lipinski definition) is 7. The number of aryl methyl sites for hydroxylation is 1. The number of unbranched alkanes of at least 4 members (excludes halogenated alkanes) is 1. The molecule has 2 aromatic heterocycles. The topological polar surface area (TPSA) is 106 Å². The van der Waals surface area contributed by atoms with Gasteiger partial charge in [0.05, 0.1) is 17.9 Å². The highest BCUT2D eigenvalue weighted by Crippen LogP contribution is 2.35. The van der Waals surface area contributed by atoms with Crippen LogP contribution in [0.5, 0.6) is 5.75 Å². The number of ether oxygens (including phenoxy) is 1. The van der Waals surface area contributed by atoms with E-state index in [4.69, 9.17) is 4.74 Å². The third kappa shape index (κ3) is 5.09. The van der Waals surface area contributed by atoms with E-state index in [2.05, 4.69) is 22.3 Å². The predicted molar refractivity (Wildman–Crippen MR) is 159 cm³/mol. The zero-order valence-corrected chi connectivity index (χ0v) is 23.4. The van der Waals surface area contributed by atoms with Crippen LogP contribution in [0, 0.1) is 6.92 Å². The fourth-order valence-electron chi connectivity index (χ4n) is 4.77. The largest absolute Gasteiger partial charge is 0.494 e. The Morgan fingerprint density at radius 2 is 1.83 bits per heavy atom. The molecule has 1 N–H and O–H groups in total. The van der Waals surface area contributed by atoms with Crippen LogP contribution >= 0.6 is 11.3 Å². The third-order valence-electron chi connectivity index (χ3n) is 6.79. The first-order valence-corrected chi connectivity index (χ1v) is 14.2. The molecule has 0 saturated carbocycles. The van der Waals surface area contributed by atoms with E-state index in [-0.39, 0.29) is 22.6 Å². The minimum Gasteiger partial charge on any atom is -0.494 e. The van der Waals surface area contributed by atoms with Gasteiger partial charge in [-0.2, -0.15) is 9.50 Å². The van der Waals surface area contributed by atoms with E-state index in [1.165, 1.54) is 9.42 Å². The van der Waals surface area contributed by atoms with Gasteiger partial charge in [0.1, 0.15) is 16.8 Å². The molecule has 41 heavy (non-hydrogen) atoms. The predicted octanol–water partition coefficient (Wildman–Crippen LogP) is 4.21. The van der Waals surface area contributed by atoms with Crippen LogP contribution in [0.2, 0.25) is 0 Å². The molecule has 206 valence electrons. The van der Waals surface area contributed by atoms with Crippen molar-refractivity contribution in [3.63, 3.8) is 0 Å². The number of fused-ring (bicyclic) bond motifs is 2. The summed E-state index contributed by atoms with van der Waals surface area (Å²) >= 11 is 1.11. The number of benzene rings is 3. The second-order valence-electron chi connectivity index (χ2n) is 9.79. The quantitative estimate of drug-likeness (QED) is 0.283. The Morgan fingerprint density at radius 3 is 2.59 bits per heavy atom. The molecule has 1 aliphatic rings. The van der Waals surface area contributed by atoms with Crippen LogP contribution in [0.25, 0.3) is 21.9 Å². The number of amides is 2. The summed E-state index contributed by atoms with van der Waals surface area (Å²) in [6.07, 6.45) is 2.05. The number of para-hydroxylation sites is 1. The van der Waals surface area contributed by atoms with Gasteiger partial charge < -0.3 is 10.1 Å². The van der Waals surface area contributed by atoms with Crippen LogP contribution in [0.15, 0.2) is 77.6 Å². The average Bonchev–Trinajstić information content (AvgIpc) is 3.60. The first-order valence-electron chi connectivity index (χ1n) is 13.4. The van der Waals surface area contributed by atoms with Gasteiger partial charge in [0.15, 0.2) is 5.82 Å². The number of nitrogens with one attached hydrogen (secondary N) is 1. The Kier molecular flexibility index (Phi) is 7.07. The van der Waals surface area contributed by atoms with Crippen molar-refractivity contribution >= 4 is 45.1 Å². The van der Waals surface area contributed by atoms with Gasteiger partial charge in [0, 0.05) is 16.8 Å². The highest BCUT2D eigenvalue weighted by atomic mass is 32.1. The molecule has 5 aromatic rings. The first-order chi connectivity index (χ1) is 19.9. The second-order valence-corrected chi connectivity index (χ2v) is 10.8. The normalized spacial score (nSPS) is 14.0. The fourth-order valence-corrected chi connectivity index (χ4v) is 5.76. The molecular formula is C31H27N5O4S. The molecule has 0 spiro atoms. The van der Waals surface area contributed by atoms with Crippen LogP contribution in [0.4, 0.5) is 11.4 Å². The number of nitrogens with zero attached hydrogens (tertiary/aromatic N) is 4. The average molecular weight is 566 g/mol. The molecule has 10 heteroatoms. The molecule has 6 rings (SSSR count). The van der Waals surface area contributed by atoms with Gasteiger partial charge in [-0.1, -0.05) is 55.0 Å². The van der Waals surface area contributed by atoms with Crippen LogP contribution in [0.1, 0.15) is 30.9 Å². The number of thiazole rings is 1. The van der Waals surface area contributed by atoms with Gasteiger partial charge >= 0.3 is 0 Å². The zero-order valence-electron chi connectivity index (χ0n) is 22.6. The number of aromatic nitrogens is 3. The molecule has 1 aliphatic heterocycles. The second kappa shape index (κ2) is 11.0. The molecule has 0 fully saturated rings. The molecule has 3 heterocycles. The lowest BCUT2D eigenvalue weighted by atomic mass is 10.1. The van der Waals surface area contributed by atoms with E-state index in [0.717, 1.165) is 41.1 Å². The number of hydrogen-bond donors (Lipinski definition) is 1. The summed E-state index contributed by atoms with van der Waals surface area (Å²) in [5.74, 6) is 0.432. The highest BCUT2D eigenvalue weighted by molar-refractivity contribution is 7.15. The summed E-state index contributed by atoms with van der Waals surface area (Å²) in [5.41, 5.74) is 3.42. The van der Waals surface area contributed by atoms with Crippen LogP contribution < -0.4 is 25.0 Å². The first kappa shape index (κ1) is 26.4. The Hall–Kier alpha value is -4.83. The molecular weight excluding hydrogens is 538 g/mol. The molecule has 9 nitrogen and oxygen atoms in total. The van der Waals surface area contributed by atoms with Gasteiger partial charge in [-0.05, 0) is 61.4 Å². The van der Waals surface area contributed by atoms with Crippen LogP contribution in [-0.4, -0.2) is 39.6 Å². The van der Waals surface area contributed by atoms with E-state index in [1.807, 2.05) is 49.4 Å². The van der Waals surface area contributed by atoms with Crippen molar-refractivity contribution in [1.82, 2.24) is 14.6 Å². The molecule has 0 unspecified atom stereocenters. The maximum Gasteiger partial charge on any atom is 0.291 e. The third-order valence-corrected chi connectivity index (χ3v) is 7.82. The van der Waals surface area contributed by atoms with Crippen molar-refractivity contribution in [2.45, 2.75) is 26.7 Å². The summed E-state index contributed by atoms with van der Waals surface area (Å²) in [5, 5.41) is 7.29. The number of anilines is 2. The maximum absolute atomic E-state index is 13.7. The number of carbonyl (C=O) groups excluding carboxylic acids is 2. The molecule has 0 radical (unpaired) electrons. The minimum absolute atomic E-state index is 0.190. The summed E-state index contributed by atoms with van der Waals surface area (Å²) < 4.78 is 7.20. The van der Waals surface area contributed by atoms with Gasteiger partial charge in [-0.3, -0.25) is 19.3 Å². The van der Waals surface area contributed by atoms with Crippen molar-refractivity contribution in [1.29, 1.82) is 0 Å². The Balaban J connectivity index is 1.31. The molecule has 0 aliphatic carbocycles. The Bertz CT molecular complexity index is 1890. The van der Waals surface area contributed by atoms with E-state index in [0.29, 0.717) is 34.3 Å². The summed E-state index contributed by atoms with van der Waals surface area (Å²) in [6.45, 7) is 4.52. The van der Waals surface area contributed by atoms with Crippen molar-refractivity contribution in [2.24, 2.45) is 0 Å². The van der Waals surface area contributed by atoms with E-state index < -0.39 is 11.5 Å². The molecule has 0 atom stereocenters. The van der Waals surface area contributed by atoms with Crippen molar-refractivity contribution in [3.05, 3.63) is 98.8 Å². The van der Waals surface area contributed by atoms with E-state index >= 15 is 0 Å². The lowest BCUT2D eigenvalue weighted by Crippen LogP contribution is -2.37. The number of rotatable bonds is 8. The highest BCUT2D eigenvalue weighted by Gasteiger charge is 2.35. The standard InChI is InChI=1S/C31H27N5O4S/c1-3-4-16-40-22-14-12-20(13-15-22)28-33-31-36(34-28)30(39)27(41-31)26-23-10-5-6-11-24(23)35(29(26)38)18-25(37)32-21-9-7-8-19(2)17-21/h5-15,17H,3-4,16,18H2,1-2H3,(H,32,37). The SMILES string of the molecule is CCCCOc1ccc(-c2nc3sc(=C4C(=O)N(CC(=O)Nc5cccc(C)c5)c5ccccc54)c(=O)n3n2)cc1. The summed E-state index contributed by atoms with van der Waals surface area (Å²) in [4.78, 5) is 46.4. The van der Waals surface area contributed by atoms with E-state index in [9.17, 15) is 14.4 Å². The van der Waals surface area contributed by atoms with Crippen molar-refractivity contribution in [2.75, 3.05) is 23.4 Å². The van der Waals surface area contributed by atoms with Crippen LogP contribution in [-0.2, 0) is 9.59 Å². The maximum atomic E-state index is 13.7. The summed E-state index contributed by atoms with van der Waals surface area (Å²) in [7, 11) is 0. The summed E-state index contributed by atoms with van der Waals surface area (Å²) in [6, 6.07) is 22.0. The zero-order chi connectivity index (χ0) is 28.5. The number of carbonyl (C=O) groups is 2. The van der Waals surface area contributed by atoms with Gasteiger partial charge in [0.2, 0.25) is 10.9 Å². The van der Waals surface area contributed by atoms with Crippen molar-refractivity contribution in [3.8, 4) is 17.1 Å². The lowest BCUT2D eigenvalue weighted by molar-refractivity contribution is -0.118. The molecule has 3 aromatic carbocycles. The Labute approximate surface area is 239 Å². The van der Waals surface area contributed by atoms with E-state index in [1.54, 1.807) is 30.3 Å². The smallest absolute Gasteiger partial charge is 0.291 e. The molecule has 2 amide bonds. The molecule has 0 saturated heterocycles. The Morgan fingerprint density at radius 1 is 1.02 bits per heavy atom. The van der Waals surface area contributed by atoms with Crippen molar-refractivity contribution < 1.29 is 14.3 Å². The van der Waals surface area contributed by atoms with Gasteiger partial charge in [-0.15, -0.1) is 5.10 Å².